The van der Waals surface area contributed by atoms with E-state index in [1.807, 2.05) is 6.92 Å². The highest BCUT2D eigenvalue weighted by Gasteiger charge is 2.06. The Balaban J connectivity index is 0.000000583. The van der Waals surface area contributed by atoms with Crippen LogP contribution in [0.5, 0.6) is 0 Å². The van der Waals surface area contributed by atoms with Crippen molar-refractivity contribution in [3.63, 3.8) is 0 Å². The second-order valence-corrected chi connectivity index (χ2v) is 2.80. The van der Waals surface area contributed by atoms with Gasteiger partial charge in [-0.05, 0) is 18.1 Å². The van der Waals surface area contributed by atoms with E-state index in [1.165, 1.54) is 6.07 Å². The van der Waals surface area contributed by atoms with Crippen molar-refractivity contribution in [3.8, 4) is 0 Å². The normalized spacial score (nSPS) is 8.73. The van der Waals surface area contributed by atoms with Gasteiger partial charge in [0, 0.05) is 6.07 Å². The third kappa shape index (κ3) is 4.33. The first-order chi connectivity index (χ1) is 7.06. The van der Waals surface area contributed by atoms with Crippen LogP contribution in [-0.2, 0) is 16.0 Å². The van der Waals surface area contributed by atoms with Gasteiger partial charge in [0.15, 0.2) is 0 Å². The highest BCUT2D eigenvalue weighted by Crippen LogP contribution is 2.17. The van der Waals surface area contributed by atoms with Gasteiger partial charge in [-0.25, -0.2) is 8.78 Å². The monoisotopic (exact) mass is 215 g/mol. The molecule has 5 heteroatoms. The number of halogens is 2. The fraction of sp³-hybridized carbons (Fsp3) is 0.300. The zero-order chi connectivity index (χ0) is 11.8. The molecule has 0 unspecified atom stereocenters. The fourth-order valence-electron chi connectivity index (χ4n) is 1.07. The number of nitrogen functional groups attached to an aromatic ring is 1. The van der Waals surface area contributed by atoms with E-state index in [1.54, 1.807) is 0 Å². The van der Waals surface area contributed by atoms with E-state index in [9.17, 15) is 8.78 Å². The van der Waals surface area contributed by atoms with E-state index in [-0.39, 0.29) is 11.8 Å². The lowest BCUT2D eigenvalue weighted by molar-refractivity contribution is -0.191. The smallest absolute Gasteiger partial charge is 0.373 e. The Hall–Kier alpha value is -1.74. The number of nitrogens with two attached hydrogens (primary N) is 1. The summed E-state index contributed by atoms with van der Waals surface area (Å²) in [5, 5.41) is 0. The molecule has 0 heterocycles. The van der Waals surface area contributed by atoms with E-state index in [2.05, 4.69) is 0 Å². The van der Waals surface area contributed by atoms with Crippen molar-refractivity contribution in [1.29, 1.82) is 0 Å². The molecule has 1 aromatic rings. The molecule has 82 valence electrons. The molecule has 0 saturated heterocycles. The summed E-state index contributed by atoms with van der Waals surface area (Å²) in [6.07, 6.45) is 1.66. The summed E-state index contributed by atoms with van der Waals surface area (Å²) >= 11 is 0. The number of rotatable bonds is 2. The Morgan fingerprint density at radius 2 is 1.80 bits per heavy atom. The molecule has 0 saturated carbocycles. The Labute approximate surface area is 85.9 Å². The summed E-state index contributed by atoms with van der Waals surface area (Å²) in [5.41, 5.74) is 5.77. The van der Waals surface area contributed by atoms with Crippen LogP contribution < -0.4 is 5.73 Å². The van der Waals surface area contributed by atoms with E-state index in [0.29, 0.717) is 12.0 Å². The van der Waals surface area contributed by atoms with Gasteiger partial charge in [-0.3, -0.25) is 0 Å². The molecule has 0 aromatic heterocycles. The van der Waals surface area contributed by atoms with Gasteiger partial charge in [0.25, 0.3) is 0 Å². The lowest BCUT2D eigenvalue weighted by atomic mass is 10.1. The summed E-state index contributed by atoms with van der Waals surface area (Å²) in [4.78, 5) is 16.2. The van der Waals surface area contributed by atoms with Crippen LogP contribution in [0.3, 0.4) is 0 Å². The lowest BCUT2D eigenvalue weighted by Crippen LogP contribution is -1.97. The van der Waals surface area contributed by atoms with E-state index >= 15 is 0 Å². The quantitative estimate of drug-likeness (QED) is 0.766. The minimum atomic E-state index is -0.688. The molecule has 0 radical (unpaired) electrons. The Morgan fingerprint density at radius 1 is 1.27 bits per heavy atom. The fourth-order valence-corrected chi connectivity index (χ4v) is 1.07. The number of aryl methyl sites for hydroxylation is 1. The second kappa shape index (κ2) is 6.68. The third-order valence-electron chi connectivity index (χ3n) is 1.69. The van der Waals surface area contributed by atoms with Crippen LogP contribution in [0.4, 0.5) is 14.5 Å². The SMILES string of the molecule is CCCc1cc(N)c(F)cc1F.O=C=O. The first-order valence-corrected chi connectivity index (χ1v) is 4.29. The molecule has 3 nitrogen and oxygen atoms in total. The van der Waals surface area contributed by atoms with Crippen molar-refractivity contribution in [1.82, 2.24) is 0 Å². The molecular formula is C10H11F2NO2. The number of hydrogen-bond donors (Lipinski definition) is 1. The number of hydrogen-bond acceptors (Lipinski definition) is 3. The van der Waals surface area contributed by atoms with Gasteiger partial charge >= 0.3 is 6.15 Å². The summed E-state index contributed by atoms with van der Waals surface area (Å²) in [7, 11) is 0. The van der Waals surface area contributed by atoms with Crippen LogP contribution in [0.25, 0.3) is 0 Å². The van der Waals surface area contributed by atoms with Crippen LogP contribution in [-0.4, -0.2) is 6.15 Å². The number of anilines is 1. The van der Waals surface area contributed by atoms with Gasteiger partial charge in [-0.15, -0.1) is 0 Å². The molecule has 0 aliphatic carbocycles. The maximum atomic E-state index is 12.9. The van der Waals surface area contributed by atoms with Crippen molar-refractivity contribution in [2.75, 3.05) is 5.73 Å². The highest BCUT2D eigenvalue weighted by molar-refractivity contribution is 5.43. The predicted molar refractivity (Wildman–Crippen MR) is 49.8 cm³/mol. The number of carbonyl (C=O) groups excluding carboxylic acids is 2. The molecule has 1 rings (SSSR count). The van der Waals surface area contributed by atoms with E-state index < -0.39 is 11.6 Å². The minimum Gasteiger partial charge on any atom is -0.396 e. The Morgan fingerprint density at radius 3 is 2.27 bits per heavy atom. The molecule has 0 atom stereocenters. The van der Waals surface area contributed by atoms with Gasteiger partial charge in [0.2, 0.25) is 0 Å². The summed E-state index contributed by atoms with van der Waals surface area (Å²) in [6, 6.07) is 2.19. The van der Waals surface area contributed by atoms with Crippen LogP contribution in [0.2, 0.25) is 0 Å². The van der Waals surface area contributed by atoms with Crippen molar-refractivity contribution in [2.45, 2.75) is 19.8 Å². The topological polar surface area (TPSA) is 60.2 Å². The molecule has 15 heavy (non-hydrogen) atoms. The van der Waals surface area contributed by atoms with Gasteiger partial charge < -0.3 is 5.73 Å². The maximum absolute atomic E-state index is 12.9. The predicted octanol–water partition coefficient (Wildman–Crippen LogP) is 1.92. The van der Waals surface area contributed by atoms with Crippen molar-refractivity contribution >= 4 is 11.8 Å². The van der Waals surface area contributed by atoms with Gasteiger partial charge in [-0.1, -0.05) is 13.3 Å². The van der Waals surface area contributed by atoms with Crippen molar-refractivity contribution in [3.05, 3.63) is 29.3 Å². The zero-order valence-electron chi connectivity index (χ0n) is 8.22. The van der Waals surface area contributed by atoms with Crippen molar-refractivity contribution < 1.29 is 18.4 Å². The van der Waals surface area contributed by atoms with Crippen molar-refractivity contribution in [2.24, 2.45) is 0 Å². The Bertz CT molecular complexity index is 361. The molecule has 1 aromatic carbocycles. The highest BCUT2D eigenvalue weighted by atomic mass is 19.1. The van der Waals surface area contributed by atoms with Crippen LogP contribution in [0, 0.1) is 11.6 Å². The van der Waals surface area contributed by atoms with E-state index in [4.69, 9.17) is 15.3 Å². The van der Waals surface area contributed by atoms with Gasteiger partial charge in [0.1, 0.15) is 11.6 Å². The van der Waals surface area contributed by atoms with Crippen LogP contribution in [0.15, 0.2) is 12.1 Å². The van der Waals surface area contributed by atoms with Crippen LogP contribution in [0.1, 0.15) is 18.9 Å². The molecule has 2 N–H and O–H groups in total. The first-order valence-electron chi connectivity index (χ1n) is 4.29. The molecular weight excluding hydrogens is 204 g/mol. The standard InChI is InChI=1S/C9H11F2N.CO2/c1-2-3-6-4-9(12)8(11)5-7(6)10;2-1-3/h4-5H,2-3,12H2,1H3;. The van der Waals surface area contributed by atoms with Gasteiger partial charge in [-0.2, -0.15) is 9.59 Å². The largest absolute Gasteiger partial charge is 0.396 e. The first kappa shape index (κ1) is 13.3. The minimum absolute atomic E-state index is 0.0138. The number of benzene rings is 1. The average molecular weight is 215 g/mol. The zero-order valence-corrected chi connectivity index (χ0v) is 8.22. The molecule has 0 aliphatic heterocycles. The average Bonchev–Trinajstić information content (AvgIpc) is 2.16. The summed E-state index contributed by atoms with van der Waals surface area (Å²) < 4.78 is 25.6. The van der Waals surface area contributed by atoms with Gasteiger partial charge in [0.05, 0.1) is 5.69 Å². The lowest BCUT2D eigenvalue weighted by Gasteiger charge is -2.03. The Kier molecular flexibility index (Phi) is 5.90. The second-order valence-electron chi connectivity index (χ2n) is 2.80. The maximum Gasteiger partial charge on any atom is 0.373 e. The molecule has 0 aliphatic rings. The molecule has 0 bridgehead atoms. The third-order valence-corrected chi connectivity index (χ3v) is 1.69. The van der Waals surface area contributed by atoms with Crippen LogP contribution >= 0.6 is 0 Å². The summed E-state index contributed by atoms with van der Waals surface area (Å²) in [6.45, 7) is 1.93. The molecule has 0 amide bonds. The van der Waals surface area contributed by atoms with E-state index in [0.717, 1.165) is 12.5 Å². The molecule has 0 fully saturated rings. The summed E-state index contributed by atoms with van der Waals surface area (Å²) in [5.74, 6) is -1.20. The molecule has 0 spiro atoms.